The molecule has 2 saturated heterocycles. The second-order valence-electron chi connectivity index (χ2n) is 7.70. The van der Waals surface area contributed by atoms with Gasteiger partial charge in [0.2, 0.25) is 5.91 Å². The highest BCUT2D eigenvalue weighted by molar-refractivity contribution is 6.31. The standard InChI is InChI=1S/C23H24ClN3O3/c24-17-9-10-19(23(30)26-11-2-1-3-12-26)20(15-17)25-22(29)16-6-4-7-18(14-16)27-13-5-8-21(27)28/h4,6-7,9-10,14-15H,1-3,5,8,11-13H2,(H,25,29). The molecule has 2 fully saturated rings. The van der Waals surface area contributed by atoms with Gasteiger partial charge >= 0.3 is 0 Å². The third kappa shape index (κ3) is 4.33. The van der Waals surface area contributed by atoms with E-state index in [-0.39, 0.29) is 17.7 Å². The van der Waals surface area contributed by atoms with Crippen molar-refractivity contribution in [1.29, 1.82) is 0 Å². The van der Waals surface area contributed by atoms with Crippen molar-refractivity contribution in [2.75, 3.05) is 29.9 Å². The number of hydrogen-bond donors (Lipinski definition) is 1. The van der Waals surface area contributed by atoms with Gasteiger partial charge in [0.05, 0.1) is 11.3 Å². The van der Waals surface area contributed by atoms with Gasteiger partial charge in [-0.15, -0.1) is 0 Å². The number of halogens is 1. The third-order valence-corrected chi connectivity index (χ3v) is 5.83. The summed E-state index contributed by atoms with van der Waals surface area (Å²) in [7, 11) is 0. The Balaban J connectivity index is 1.57. The van der Waals surface area contributed by atoms with Crippen LogP contribution in [0.1, 0.15) is 52.8 Å². The molecule has 0 unspecified atom stereocenters. The topological polar surface area (TPSA) is 69.7 Å². The molecule has 0 aliphatic carbocycles. The molecular formula is C23H24ClN3O3. The molecule has 0 aromatic heterocycles. The van der Waals surface area contributed by atoms with Crippen LogP contribution in [0.15, 0.2) is 42.5 Å². The Labute approximate surface area is 180 Å². The molecule has 30 heavy (non-hydrogen) atoms. The number of benzene rings is 2. The molecule has 2 aromatic rings. The van der Waals surface area contributed by atoms with Crippen LogP contribution in [0.2, 0.25) is 5.02 Å². The van der Waals surface area contributed by atoms with Gasteiger partial charge in [0, 0.05) is 42.3 Å². The zero-order valence-electron chi connectivity index (χ0n) is 16.7. The molecule has 2 aromatic carbocycles. The van der Waals surface area contributed by atoms with Crippen molar-refractivity contribution in [3.05, 3.63) is 58.6 Å². The van der Waals surface area contributed by atoms with E-state index in [2.05, 4.69) is 5.32 Å². The summed E-state index contributed by atoms with van der Waals surface area (Å²) in [6, 6.07) is 11.9. The molecule has 3 amide bonds. The number of nitrogens with zero attached hydrogens (tertiary/aromatic N) is 2. The van der Waals surface area contributed by atoms with E-state index in [1.165, 1.54) is 0 Å². The van der Waals surface area contributed by atoms with Gasteiger partial charge in [-0.3, -0.25) is 14.4 Å². The van der Waals surface area contributed by atoms with Crippen LogP contribution in [0.25, 0.3) is 0 Å². The first-order chi connectivity index (χ1) is 14.5. The van der Waals surface area contributed by atoms with E-state index in [4.69, 9.17) is 11.6 Å². The zero-order chi connectivity index (χ0) is 21.1. The second kappa shape index (κ2) is 8.88. The van der Waals surface area contributed by atoms with Gasteiger partial charge < -0.3 is 15.1 Å². The third-order valence-electron chi connectivity index (χ3n) is 5.60. The number of hydrogen-bond acceptors (Lipinski definition) is 3. The van der Waals surface area contributed by atoms with Crippen LogP contribution < -0.4 is 10.2 Å². The molecule has 0 bridgehead atoms. The van der Waals surface area contributed by atoms with Crippen LogP contribution in [0.4, 0.5) is 11.4 Å². The lowest BCUT2D eigenvalue weighted by Gasteiger charge is -2.27. The first-order valence-corrected chi connectivity index (χ1v) is 10.7. The van der Waals surface area contributed by atoms with Gasteiger partial charge in [0.25, 0.3) is 11.8 Å². The molecular weight excluding hydrogens is 402 g/mol. The summed E-state index contributed by atoms with van der Waals surface area (Å²) in [4.78, 5) is 41.5. The van der Waals surface area contributed by atoms with Crippen LogP contribution >= 0.6 is 11.6 Å². The maximum Gasteiger partial charge on any atom is 0.255 e. The molecule has 2 aliphatic heterocycles. The molecule has 2 aliphatic rings. The Kier molecular flexibility index (Phi) is 6.04. The molecule has 0 radical (unpaired) electrons. The number of nitrogens with one attached hydrogen (secondary N) is 1. The fourth-order valence-electron chi connectivity index (χ4n) is 4.00. The number of rotatable bonds is 4. The average molecular weight is 426 g/mol. The molecule has 0 saturated carbocycles. The highest BCUT2D eigenvalue weighted by Crippen LogP contribution is 2.26. The molecule has 4 rings (SSSR count). The summed E-state index contributed by atoms with van der Waals surface area (Å²) in [5, 5.41) is 3.28. The van der Waals surface area contributed by atoms with Crippen molar-refractivity contribution < 1.29 is 14.4 Å². The van der Waals surface area contributed by atoms with Crippen molar-refractivity contribution in [2.24, 2.45) is 0 Å². The Bertz CT molecular complexity index is 985. The summed E-state index contributed by atoms with van der Waals surface area (Å²) in [5.74, 6) is -0.381. The van der Waals surface area contributed by atoms with Crippen molar-refractivity contribution >= 4 is 40.7 Å². The van der Waals surface area contributed by atoms with Gasteiger partial charge in [0.15, 0.2) is 0 Å². The van der Waals surface area contributed by atoms with Gasteiger partial charge in [0.1, 0.15) is 0 Å². The van der Waals surface area contributed by atoms with E-state index < -0.39 is 0 Å². The smallest absolute Gasteiger partial charge is 0.255 e. The number of piperidine rings is 1. The first kappa shape index (κ1) is 20.4. The van der Waals surface area contributed by atoms with Crippen LogP contribution in [-0.2, 0) is 4.79 Å². The van der Waals surface area contributed by atoms with Gasteiger partial charge in [-0.05, 0) is 62.1 Å². The highest BCUT2D eigenvalue weighted by Gasteiger charge is 2.24. The minimum Gasteiger partial charge on any atom is -0.339 e. The minimum atomic E-state index is -0.349. The van der Waals surface area contributed by atoms with E-state index in [0.717, 1.165) is 38.8 Å². The molecule has 7 heteroatoms. The normalized spacial score (nSPS) is 16.6. The van der Waals surface area contributed by atoms with Crippen LogP contribution in [0.3, 0.4) is 0 Å². The van der Waals surface area contributed by atoms with Gasteiger partial charge in [-0.1, -0.05) is 17.7 Å². The number of carbonyl (C=O) groups is 3. The molecule has 1 N–H and O–H groups in total. The number of carbonyl (C=O) groups excluding carboxylic acids is 3. The summed E-state index contributed by atoms with van der Waals surface area (Å²) in [6.45, 7) is 2.11. The fourth-order valence-corrected chi connectivity index (χ4v) is 4.18. The maximum absolute atomic E-state index is 13.0. The zero-order valence-corrected chi connectivity index (χ0v) is 17.5. The molecule has 2 heterocycles. The monoisotopic (exact) mass is 425 g/mol. The Morgan fingerprint density at radius 3 is 2.47 bits per heavy atom. The SMILES string of the molecule is O=C(Nc1cc(Cl)ccc1C(=O)N1CCCCC1)c1cccc(N2CCCC2=O)c1. The van der Waals surface area contributed by atoms with Crippen LogP contribution in [0.5, 0.6) is 0 Å². The largest absolute Gasteiger partial charge is 0.339 e. The van der Waals surface area contributed by atoms with E-state index in [1.807, 2.05) is 11.0 Å². The average Bonchev–Trinajstić information content (AvgIpc) is 3.20. The first-order valence-electron chi connectivity index (χ1n) is 10.3. The van der Waals surface area contributed by atoms with Crippen LogP contribution in [-0.4, -0.2) is 42.3 Å². The molecule has 0 spiro atoms. The summed E-state index contributed by atoms with van der Waals surface area (Å²) in [5.41, 5.74) is 1.95. The van der Waals surface area contributed by atoms with E-state index >= 15 is 0 Å². The van der Waals surface area contributed by atoms with E-state index in [0.29, 0.717) is 40.5 Å². The van der Waals surface area contributed by atoms with Gasteiger partial charge in [-0.2, -0.15) is 0 Å². The number of likely N-dealkylation sites (tertiary alicyclic amines) is 1. The highest BCUT2D eigenvalue weighted by atomic mass is 35.5. The lowest BCUT2D eigenvalue weighted by atomic mass is 10.1. The Morgan fingerprint density at radius 1 is 0.933 bits per heavy atom. The molecule has 156 valence electrons. The van der Waals surface area contributed by atoms with E-state index in [9.17, 15) is 14.4 Å². The van der Waals surface area contributed by atoms with Crippen molar-refractivity contribution in [3.63, 3.8) is 0 Å². The summed E-state index contributed by atoms with van der Waals surface area (Å²) in [6.07, 6.45) is 4.45. The molecule has 6 nitrogen and oxygen atoms in total. The fraction of sp³-hybridized carbons (Fsp3) is 0.348. The summed E-state index contributed by atoms with van der Waals surface area (Å²) < 4.78 is 0. The summed E-state index contributed by atoms with van der Waals surface area (Å²) >= 11 is 6.14. The lowest BCUT2D eigenvalue weighted by Crippen LogP contribution is -2.36. The predicted molar refractivity (Wildman–Crippen MR) is 117 cm³/mol. The number of anilines is 2. The Morgan fingerprint density at radius 2 is 1.73 bits per heavy atom. The van der Waals surface area contributed by atoms with Crippen molar-refractivity contribution in [3.8, 4) is 0 Å². The number of amides is 3. The van der Waals surface area contributed by atoms with Crippen molar-refractivity contribution in [2.45, 2.75) is 32.1 Å². The maximum atomic E-state index is 13.0. The lowest BCUT2D eigenvalue weighted by molar-refractivity contribution is -0.117. The second-order valence-corrected chi connectivity index (χ2v) is 8.13. The van der Waals surface area contributed by atoms with Crippen LogP contribution in [0, 0.1) is 0 Å². The Hall–Kier alpha value is -2.86. The van der Waals surface area contributed by atoms with E-state index in [1.54, 1.807) is 41.3 Å². The van der Waals surface area contributed by atoms with Gasteiger partial charge in [-0.25, -0.2) is 0 Å². The van der Waals surface area contributed by atoms with Crippen molar-refractivity contribution in [1.82, 2.24) is 4.90 Å². The predicted octanol–water partition coefficient (Wildman–Crippen LogP) is 4.35. The molecule has 0 atom stereocenters. The quantitative estimate of drug-likeness (QED) is 0.791. The minimum absolute atomic E-state index is 0.0665.